The van der Waals surface area contributed by atoms with Gasteiger partial charge in [-0.2, -0.15) is 0 Å². The molecule has 0 radical (unpaired) electrons. The number of urea groups is 1. The second kappa shape index (κ2) is 8.53. The highest BCUT2D eigenvalue weighted by Gasteiger charge is 2.15. The zero-order chi connectivity index (χ0) is 11.7. The Labute approximate surface area is 92.8 Å². The van der Waals surface area contributed by atoms with Crippen LogP contribution >= 0.6 is 0 Å². The third-order valence-electron chi connectivity index (χ3n) is 2.28. The molecule has 0 aromatic rings. The molecular formula is C11H24N2O2. The van der Waals surface area contributed by atoms with E-state index in [9.17, 15) is 4.79 Å². The Morgan fingerprint density at radius 3 is 2.53 bits per heavy atom. The van der Waals surface area contributed by atoms with Crippen LogP contribution < -0.4 is 10.6 Å². The highest BCUT2D eigenvalue weighted by atomic mass is 16.5. The van der Waals surface area contributed by atoms with Gasteiger partial charge in [-0.3, -0.25) is 0 Å². The van der Waals surface area contributed by atoms with Gasteiger partial charge < -0.3 is 15.4 Å². The number of carbonyl (C=O) groups excluding carboxylic acids is 1. The number of unbranched alkanes of at least 4 members (excludes halogenated alkanes) is 1. The molecule has 0 aromatic heterocycles. The van der Waals surface area contributed by atoms with Crippen molar-refractivity contribution in [3.8, 4) is 0 Å². The normalized spacial score (nSPS) is 12.6. The summed E-state index contributed by atoms with van der Waals surface area (Å²) < 4.78 is 5.05. The Bertz CT molecular complexity index is 172. The standard InChI is InChI=1S/C11H24N2O2/c1-5-6-7-12-11(14)13-10(8-15-4)9(2)3/h9-10H,5-8H2,1-4H3,(H2,12,13,14). The van der Waals surface area contributed by atoms with Crippen molar-refractivity contribution in [1.82, 2.24) is 10.6 Å². The van der Waals surface area contributed by atoms with Crippen molar-refractivity contribution >= 4 is 6.03 Å². The fraction of sp³-hybridized carbons (Fsp3) is 0.909. The minimum Gasteiger partial charge on any atom is -0.383 e. The fourth-order valence-corrected chi connectivity index (χ4v) is 1.18. The monoisotopic (exact) mass is 216 g/mol. The Hall–Kier alpha value is -0.770. The van der Waals surface area contributed by atoms with E-state index in [0.29, 0.717) is 12.5 Å². The summed E-state index contributed by atoms with van der Waals surface area (Å²) in [5.74, 6) is 0.377. The molecule has 0 rings (SSSR count). The van der Waals surface area contributed by atoms with Crippen LogP contribution in [0.1, 0.15) is 33.6 Å². The second-order valence-electron chi connectivity index (χ2n) is 4.06. The molecule has 1 atom stereocenters. The average molecular weight is 216 g/mol. The van der Waals surface area contributed by atoms with Gasteiger partial charge in [-0.25, -0.2) is 4.79 Å². The van der Waals surface area contributed by atoms with Crippen molar-refractivity contribution in [2.45, 2.75) is 39.7 Å². The average Bonchev–Trinajstić information content (AvgIpc) is 2.17. The van der Waals surface area contributed by atoms with Crippen molar-refractivity contribution < 1.29 is 9.53 Å². The first-order chi connectivity index (χ1) is 7.11. The summed E-state index contributed by atoms with van der Waals surface area (Å²) in [6.45, 7) is 7.52. The van der Waals surface area contributed by atoms with Crippen LogP contribution in [0, 0.1) is 5.92 Å². The second-order valence-corrected chi connectivity index (χ2v) is 4.06. The number of amides is 2. The zero-order valence-corrected chi connectivity index (χ0v) is 10.3. The van der Waals surface area contributed by atoms with E-state index in [2.05, 4.69) is 31.4 Å². The van der Waals surface area contributed by atoms with Crippen molar-refractivity contribution in [2.24, 2.45) is 5.92 Å². The third-order valence-corrected chi connectivity index (χ3v) is 2.28. The molecule has 2 N–H and O–H groups in total. The number of hydrogen-bond acceptors (Lipinski definition) is 2. The predicted octanol–water partition coefficient (Wildman–Crippen LogP) is 1.76. The first-order valence-corrected chi connectivity index (χ1v) is 5.65. The topological polar surface area (TPSA) is 50.4 Å². The SMILES string of the molecule is CCCCNC(=O)NC(COC)C(C)C. The molecule has 0 heterocycles. The van der Waals surface area contributed by atoms with E-state index in [1.165, 1.54) is 0 Å². The summed E-state index contributed by atoms with van der Waals surface area (Å²) >= 11 is 0. The fourth-order valence-electron chi connectivity index (χ4n) is 1.18. The summed E-state index contributed by atoms with van der Waals surface area (Å²) in [4.78, 5) is 11.4. The van der Waals surface area contributed by atoms with Crippen LogP contribution in [-0.4, -0.2) is 32.3 Å². The molecule has 0 fully saturated rings. The lowest BCUT2D eigenvalue weighted by Crippen LogP contribution is -2.46. The quantitative estimate of drug-likeness (QED) is 0.637. The zero-order valence-electron chi connectivity index (χ0n) is 10.3. The Morgan fingerprint density at radius 1 is 1.40 bits per heavy atom. The van der Waals surface area contributed by atoms with E-state index in [-0.39, 0.29) is 12.1 Å². The number of rotatable bonds is 7. The summed E-state index contributed by atoms with van der Waals surface area (Å²) in [6.07, 6.45) is 2.11. The van der Waals surface area contributed by atoms with Gasteiger partial charge >= 0.3 is 6.03 Å². The number of carbonyl (C=O) groups is 1. The van der Waals surface area contributed by atoms with Crippen LogP contribution in [0.15, 0.2) is 0 Å². The van der Waals surface area contributed by atoms with E-state index >= 15 is 0 Å². The lowest BCUT2D eigenvalue weighted by atomic mass is 10.1. The summed E-state index contributed by atoms with van der Waals surface area (Å²) in [5.41, 5.74) is 0. The predicted molar refractivity (Wildman–Crippen MR) is 61.9 cm³/mol. The smallest absolute Gasteiger partial charge is 0.315 e. The largest absolute Gasteiger partial charge is 0.383 e. The van der Waals surface area contributed by atoms with Gasteiger partial charge in [0.2, 0.25) is 0 Å². The molecule has 90 valence electrons. The molecule has 0 bridgehead atoms. The van der Waals surface area contributed by atoms with Gasteiger partial charge in [-0.15, -0.1) is 0 Å². The maximum Gasteiger partial charge on any atom is 0.315 e. The van der Waals surface area contributed by atoms with Gasteiger partial charge in [-0.1, -0.05) is 27.2 Å². The van der Waals surface area contributed by atoms with Gasteiger partial charge in [-0.05, 0) is 12.3 Å². The third kappa shape index (κ3) is 7.19. The first kappa shape index (κ1) is 14.2. The van der Waals surface area contributed by atoms with Crippen molar-refractivity contribution in [3.63, 3.8) is 0 Å². The first-order valence-electron chi connectivity index (χ1n) is 5.65. The van der Waals surface area contributed by atoms with Gasteiger partial charge in [0.05, 0.1) is 12.6 Å². The highest BCUT2D eigenvalue weighted by molar-refractivity contribution is 5.74. The molecule has 0 aromatic carbocycles. The number of nitrogens with one attached hydrogen (secondary N) is 2. The van der Waals surface area contributed by atoms with Crippen LogP contribution in [0.2, 0.25) is 0 Å². The van der Waals surface area contributed by atoms with E-state index in [0.717, 1.165) is 19.4 Å². The van der Waals surface area contributed by atoms with Crippen LogP contribution in [0.25, 0.3) is 0 Å². The van der Waals surface area contributed by atoms with Crippen molar-refractivity contribution in [1.29, 1.82) is 0 Å². The van der Waals surface area contributed by atoms with Crippen molar-refractivity contribution in [3.05, 3.63) is 0 Å². The summed E-state index contributed by atoms with van der Waals surface area (Å²) in [6, 6.07) is -0.0178. The Kier molecular flexibility index (Phi) is 8.09. The van der Waals surface area contributed by atoms with Gasteiger partial charge in [0.15, 0.2) is 0 Å². The number of hydrogen-bond donors (Lipinski definition) is 2. The molecule has 0 aliphatic carbocycles. The van der Waals surface area contributed by atoms with Crippen LogP contribution in [-0.2, 0) is 4.74 Å². The Morgan fingerprint density at radius 2 is 2.07 bits per heavy atom. The molecule has 0 aliphatic rings. The minimum absolute atomic E-state index is 0.0802. The minimum atomic E-state index is -0.0980. The van der Waals surface area contributed by atoms with E-state index in [1.54, 1.807) is 7.11 Å². The van der Waals surface area contributed by atoms with Gasteiger partial charge in [0.1, 0.15) is 0 Å². The molecule has 1 unspecified atom stereocenters. The van der Waals surface area contributed by atoms with Crippen molar-refractivity contribution in [2.75, 3.05) is 20.3 Å². The molecule has 15 heavy (non-hydrogen) atoms. The Balaban J connectivity index is 3.78. The molecule has 4 nitrogen and oxygen atoms in total. The van der Waals surface area contributed by atoms with Gasteiger partial charge in [0.25, 0.3) is 0 Å². The molecule has 0 aliphatic heterocycles. The van der Waals surface area contributed by atoms with Crippen LogP contribution in [0.3, 0.4) is 0 Å². The lowest BCUT2D eigenvalue weighted by Gasteiger charge is -2.21. The maximum atomic E-state index is 11.4. The molecular weight excluding hydrogens is 192 g/mol. The lowest BCUT2D eigenvalue weighted by molar-refractivity contribution is 0.148. The number of ether oxygens (including phenoxy) is 1. The van der Waals surface area contributed by atoms with E-state index in [1.807, 2.05) is 0 Å². The number of methoxy groups -OCH3 is 1. The molecule has 0 saturated heterocycles. The molecule has 0 saturated carbocycles. The molecule has 4 heteroatoms. The highest BCUT2D eigenvalue weighted by Crippen LogP contribution is 2.01. The van der Waals surface area contributed by atoms with E-state index < -0.39 is 0 Å². The summed E-state index contributed by atoms with van der Waals surface area (Å²) in [5, 5.41) is 5.72. The molecule has 2 amide bonds. The molecule has 0 spiro atoms. The van der Waals surface area contributed by atoms with Gasteiger partial charge in [0, 0.05) is 13.7 Å². The summed E-state index contributed by atoms with van der Waals surface area (Å²) in [7, 11) is 1.64. The van der Waals surface area contributed by atoms with Crippen LogP contribution in [0.5, 0.6) is 0 Å². The van der Waals surface area contributed by atoms with E-state index in [4.69, 9.17) is 4.74 Å². The van der Waals surface area contributed by atoms with Crippen LogP contribution in [0.4, 0.5) is 4.79 Å². The maximum absolute atomic E-state index is 11.4.